The van der Waals surface area contributed by atoms with Crippen LogP contribution in [0.15, 0.2) is 61.9 Å². The van der Waals surface area contributed by atoms with Crippen LogP contribution in [0.25, 0.3) is 0 Å². The number of rotatable bonds is 7. The van der Waals surface area contributed by atoms with Crippen LogP contribution in [0.3, 0.4) is 0 Å². The van der Waals surface area contributed by atoms with Gasteiger partial charge >= 0.3 is 0 Å². The number of ketones is 1. The SMILES string of the molecule is COc1ccc(C2C(C#N)=C(N)N(c3nnc(SCC(=O)Nc4cc(C)on4)s3)C3=C2C(=O)CC(C)(C)C3)cc1. The lowest BCUT2D eigenvalue weighted by atomic mass is 9.68. The molecule has 1 amide bonds. The molecule has 1 aliphatic heterocycles. The fourth-order valence-corrected chi connectivity index (χ4v) is 6.62. The van der Waals surface area contributed by atoms with Crippen molar-refractivity contribution in [3.63, 3.8) is 0 Å². The lowest BCUT2D eigenvalue weighted by Gasteiger charge is -2.42. The molecule has 0 saturated carbocycles. The number of aromatic nitrogens is 3. The number of nitriles is 1. The van der Waals surface area contributed by atoms with Crippen molar-refractivity contribution >= 4 is 45.7 Å². The summed E-state index contributed by atoms with van der Waals surface area (Å²) in [5, 5.41) is 25.7. The van der Waals surface area contributed by atoms with Gasteiger partial charge in [-0.15, -0.1) is 10.2 Å². The van der Waals surface area contributed by atoms with E-state index in [1.807, 2.05) is 26.0 Å². The number of anilines is 2. The van der Waals surface area contributed by atoms with Crippen molar-refractivity contribution in [1.82, 2.24) is 15.4 Å². The third-order valence-electron chi connectivity index (χ3n) is 6.64. The minimum absolute atomic E-state index is 0.0313. The summed E-state index contributed by atoms with van der Waals surface area (Å²) in [6, 6.07) is 11.2. The summed E-state index contributed by atoms with van der Waals surface area (Å²) in [6.07, 6.45) is 0.907. The van der Waals surface area contributed by atoms with E-state index in [-0.39, 0.29) is 34.3 Å². The zero-order chi connectivity index (χ0) is 28.6. The van der Waals surface area contributed by atoms with Gasteiger partial charge in [-0.3, -0.25) is 14.5 Å². The number of nitrogens with one attached hydrogen (secondary N) is 1. The Morgan fingerprint density at radius 1 is 1.32 bits per heavy atom. The van der Waals surface area contributed by atoms with E-state index >= 15 is 0 Å². The van der Waals surface area contributed by atoms with Gasteiger partial charge in [0.1, 0.15) is 17.3 Å². The molecule has 1 atom stereocenters. The summed E-state index contributed by atoms with van der Waals surface area (Å²) in [5.74, 6) is 0.984. The Bertz CT molecular complexity index is 1580. The highest BCUT2D eigenvalue weighted by Crippen LogP contribution is 2.50. The number of carbonyl (C=O) groups is 2. The van der Waals surface area contributed by atoms with Gasteiger partial charge in [-0.05, 0) is 36.5 Å². The molecular weight excluding hydrogens is 550 g/mol. The first kappa shape index (κ1) is 27.4. The number of benzene rings is 1. The molecule has 3 aromatic rings. The zero-order valence-electron chi connectivity index (χ0n) is 22.3. The van der Waals surface area contributed by atoms with Crippen LogP contribution in [-0.2, 0) is 9.59 Å². The number of hydrogen-bond acceptors (Lipinski definition) is 12. The highest BCUT2D eigenvalue weighted by Gasteiger charge is 2.45. The quantitative estimate of drug-likeness (QED) is 0.380. The second-order valence-corrected chi connectivity index (χ2v) is 12.4. The molecular formula is C27H27N7O4S2. The number of amides is 1. The molecule has 40 heavy (non-hydrogen) atoms. The molecule has 1 unspecified atom stereocenters. The first-order valence-electron chi connectivity index (χ1n) is 12.4. The van der Waals surface area contributed by atoms with Gasteiger partial charge in [0.05, 0.1) is 30.4 Å². The molecule has 3 heterocycles. The molecule has 2 aliphatic rings. The van der Waals surface area contributed by atoms with Crippen molar-refractivity contribution in [3.05, 3.63) is 64.3 Å². The van der Waals surface area contributed by atoms with E-state index in [0.717, 1.165) is 5.56 Å². The molecule has 0 saturated heterocycles. The van der Waals surface area contributed by atoms with Crippen molar-refractivity contribution in [2.24, 2.45) is 11.1 Å². The zero-order valence-corrected chi connectivity index (χ0v) is 24.0. The highest BCUT2D eigenvalue weighted by atomic mass is 32.2. The second-order valence-electron chi connectivity index (χ2n) is 10.3. The molecule has 0 spiro atoms. The molecule has 13 heteroatoms. The lowest BCUT2D eigenvalue weighted by molar-refractivity contribution is -0.118. The number of Topliss-reactive ketones (excluding diaryl/α,β-unsaturated/α-hetero) is 1. The summed E-state index contributed by atoms with van der Waals surface area (Å²) in [7, 11) is 1.58. The van der Waals surface area contributed by atoms with Crippen molar-refractivity contribution in [3.8, 4) is 11.8 Å². The second kappa shape index (κ2) is 10.8. The fraction of sp³-hybridized carbons (Fsp3) is 0.333. The van der Waals surface area contributed by atoms with E-state index in [2.05, 4.69) is 26.7 Å². The van der Waals surface area contributed by atoms with Crippen LogP contribution >= 0.6 is 23.1 Å². The molecule has 1 aromatic carbocycles. The van der Waals surface area contributed by atoms with E-state index in [1.165, 1.54) is 23.1 Å². The number of thioether (sulfide) groups is 1. The predicted octanol–water partition coefficient (Wildman–Crippen LogP) is 4.51. The summed E-state index contributed by atoms with van der Waals surface area (Å²) < 4.78 is 10.8. The van der Waals surface area contributed by atoms with Gasteiger partial charge in [0.25, 0.3) is 0 Å². The van der Waals surface area contributed by atoms with Crippen LogP contribution in [-0.4, -0.2) is 39.9 Å². The number of nitrogens with two attached hydrogens (primary N) is 1. The van der Waals surface area contributed by atoms with E-state index in [9.17, 15) is 14.9 Å². The van der Waals surface area contributed by atoms with Gasteiger partial charge in [0.15, 0.2) is 15.9 Å². The number of methoxy groups -OCH3 is 1. The summed E-state index contributed by atoms with van der Waals surface area (Å²) >= 11 is 2.44. The molecule has 0 bridgehead atoms. The standard InChI is InChI=1S/C27H27N7O4S2/c1-14-9-20(33-38-14)30-21(36)13-39-26-32-31-25(40-26)34-18-10-27(2,3)11-19(35)23(18)22(17(12-28)24(34)29)15-5-7-16(37-4)8-6-15/h5-9,22H,10-11,13,29H2,1-4H3,(H,30,33,36). The number of carbonyl (C=O) groups excluding carboxylic acids is 2. The highest BCUT2D eigenvalue weighted by molar-refractivity contribution is 8.01. The lowest BCUT2D eigenvalue weighted by Crippen LogP contribution is -2.42. The normalized spacial score (nSPS) is 18.4. The number of hydrogen-bond donors (Lipinski definition) is 2. The van der Waals surface area contributed by atoms with Gasteiger partial charge in [0.2, 0.25) is 11.0 Å². The fourth-order valence-electron chi connectivity index (χ4n) is 4.94. The van der Waals surface area contributed by atoms with Gasteiger partial charge in [-0.25, -0.2) is 0 Å². The average molecular weight is 578 g/mol. The van der Waals surface area contributed by atoms with Crippen LogP contribution in [0.1, 0.15) is 43.9 Å². The summed E-state index contributed by atoms with van der Waals surface area (Å²) in [4.78, 5) is 27.7. The Kier molecular flexibility index (Phi) is 7.39. The smallest absolute Gasteiger partial charge is 0.236 e. The van der Waals surface area contributed by atoms with Crippen molar-refractivity contribution < 1.29 is 18.8 Å². The Morgan fingerprint density at radius 3 is 2.73 bits per heavy atom. The third kappa shape index (κ3) is 5.32. The van der Waals surface area contributed by atoms with Gasteiger partial charge in [-0.2, -0.15) is 5.26 Å². The maximum atomic E-state index is 13.7. The Balaban J connectivity index is 1.48. The topological polar surface area (TPSA) is 160 Å². The molecule has 2 aromatic heterocycles. The molecule has 11 nitrogen and oxygen atoms in total. The molecule has 1 aliphatic carbocycles. The van der Waals surface area contributed by atoms with Crippen molar-refractivity contribution in [1.29, 1.82) is 5.26 Å². The van der Waals surface area contributed by atoms with Crippen LogP contribution in [0.2, 0.25) is 0 Å². The minimum Gasteiger partial charge on any atom is -0.497 e. The van der Waals surface area contributed by atoms with Crippen LogP contribution in [0, 0.1) is 23.7 Å². The van der Waals surface area contributed by atoms with E-state index in [4.69, 9.17) is 15.0 Å². The first-order chi connectivity index (χ1) is 19.1. The van der Waals surface area contributed by atoms with Gasteiger partial charge in [-0.1, -0.05) is 54.2 Å². The summed E-state index contributed by atoms with van der Waals surface area (Å²) in [5.41, 5.74) is 8.66. The van der Waals surface area contributed by atoms with Crippen LogP contribution in [0.4, 0.5) is 10.9 Å². The Morgan fingerprint density at radius 2 is 2.08 bits per heavy atom. The Hall–Kier alpha value is -4.15. The maximum absolute atomic E-state index is 13.7. The average Bonchev–Trinajstić information content (AvgIpc) is 3.54. The van der Waals surface area contributed by atoms with E-state index < -0.39 is 5.92 Å². The predicted molar refractivity (Wildman–Crippen MR) is 151 cm³/mol. The first-order valence-corrected chi connectivity index (χ1v) is 14.2. The maximum Gasteiger partial charge on any atom is 0.236 e. The van der Waals surface area contributed by atoms with Crippen molar-refractivity contribution in [2.45, 2.75) is 43.9 Å². The van der Waals surface area contributed by atoms with Crippen LogP contribution < -0.4 is 20.7 Å². The van der Waals surface area contributed by atoms with E-state index in [0.29, 0.717) is 50.9 Å². The number of ether oxygens (including phenoxy) is 1. The molecule has 206 valence electrons. The number of nitrogens with zero attached hydrogens (tertiary/aromatic N) is 5. The summed E-state index contributed by atoms with van der Waals surface area (Å²) in [6.45, 7) is 5.80. The van der Waals surface area contributed by atoms with Gasteiger partial charge in [0, 0.05) is 23.8 Å². The monoisotopic (exact) mass is 577 g/mol. The van der Waals surface area contributed by atoms with E-state index in [1.54, 1.807) is 37.1 Å². The van der Waals surface area contributed by atoms with Crippen molar-refractivity contribution in [2.75, 3.05) is 23.1 Å². The number of aryl methyl sites for hydroxylation is 1. The minimum atomic E-state index is -0.601. The largest absolute Gasteiger partial charge is 0.497 e. The third-order valence-corrected chi connectivity index (χ3v) is 8.68. The Labute approximate surface area is 239 Å². The molecule has 3 N–H and O–H groups in total. The molecule has 0 fully saturated rings. The van der Waals surface area contributed by atoms with Crippen LogP contribution in [0.5, 0.6) is 5.75 Å². The molecule has 0 radical (unpaired) electrons. The van der Waals surface area contributed by atoms with Gasteiger partial charge < -0.3 is 20.3 Å². The molecule has 5 rings (SSSR count). The number of allylic oxidation sites excluding steroid dienone is 3.